The first-order valence-electron chi connectivity index (χ1n) is 17.0. The van der Waals surface area contributed by atoms with Crippen molar-refractivity contribution in [3.63, 3.8) is 0 Å². The van der Waals surface area contributed by atoms with Gasteiger partial charge in [-0.1, -0.05) is 123 Å². The molecule has 5 nitrogen and oxygen atoms in total. The first-order chi connectivity index (χ1) is 24.3. The van der Waals surface area contributed by atoms with Crippen molar-refractivity contribution in [3.05, 3.63) is 163 Å². The number of hydrogen-bond donors (Lipinski definition) is 1. The summed E-state index contributed by atoms with van der Waals surface area (Å²) in [5.41, 5.74) is 4.98. The second-order valence-electron chi connectivity index (χ2n) is 14.0. The maximum absolute atomic E-state index is 12.9. The Balaban J connectivity index is 0.00000374. The molecule has 0 amide bonds. The summed E-state index contributed by atoms with van der Waals surface area (Å²) in [6.07, 6.45) is 1.90. The molecule has 0 fully saturated rings. The van der Waals surface area contributed by atoms with Gasteiger partial charge in [-0.3, -0.25) is 4.57 Å². The Morgan fingerprint density at radius 1 is 0.588 bits per heavy atom. The van der Waals surface area contributed by atoms with Gasteiger partial charge in [-0.05, 0) is 63.1 Å². The maximum Gasteiger partial charge on any atom is 0.260 e. The van der Waals surface area contributed by atoms with E-state index in [1.165, 1.54) is 5.56 Å². The Hall–Kier alpha value is -5.13. The van der Waals surface area contributed by atoms with Crippen molar-refractivity contribution in [1.82, 2.24) is 19.1 Å². The van der Waals surface area contributed by atoms with Crippen LogP contribution in [0.5, 0.6) is 0 Å². The molecule has 0 radical (unpaired) electrons. The fraction of sp³-hybridized carbons (Fsp3) is 0.0909. The zero-order valence-electron chi connectivity index (χ0n) is 28.5. The molecule has 5 aromatic carbocycles. The number of pyridine rings is 2. The molecule has 9 rings (SSSR count). The third kappa shape index (κ3) is 5.29. The van der Waals surface area contributed by atoms with Crippen LogP contribution in [0.25, 0.3) is 55.4 Å². The second-order valence-corrected chi connectivity index (χ2v) is 17.1. The van der Waals surface area contributed by atoms with Crippen LogP contribution in [0, 0.1) is 6.07 Å². The summed E-state index contributed by atoms with van der Waals surface area (Å²) < 4.78 is 4.38. The number of para-hydroxylation sites is 2. The fourth-order valence-electron chi connectivity index (χ4n) is 7.37. The molecule has 0 aliphatic carbocycles. The Morgan fingerprint density at radius 2 is 1.16 bits per heavy atom. The SMILES string of the molecule is CC(C)(C)c1ccnc(-n2c3ccccc3c3ccc(-n4c5[c-]c([Si](O)(c6ccccc6)c6ccccc6)ccc5c5ccccc54)nc32)c1.[Pt]. The molecule has 4 heterocycles. The minimum atomic E-state index is -3.41. The van der Waals surface area contributed by atoms with E-state index in [4.69, 9.17) is 9.97 Å². The Labute approximate surface area is 312 Å². The summed E-state index contributed by atoms with van der Waals surface area (Å²) in [7, 11) is -3.41. The normalized spacial score (nSPS) is 12.2. The quantitative estimate of drug-likeness (QED) is 0.110. The van der Waals surface area contributed by atoms with E-state index in [2.05, 4.69) is 121 Å². The van der Waals surface area contributed by atoms with E-state index < -0.39 is 8.32 Å². The smallest absolute Gasteiger partial charge is 0.260 e. The summed E-state index contributed by atoms with van der Waals surface area (Å²) >= 11 is 0. The van der Waals surface area contributed by atoms with Gasteiger partial charge in [-0.25, -0.2) is 9.97 Å². The van der Waals surface area contributed by atoms with Crippen molar-refractivity contribution in [3.8, 4) is 11.6 Å². The molecule has 0 saturated carbocycles. The van der Waals surface area contributed by atoms with E-state index in [0.717, 1.165) is 70.9 Å². The van der Waals surface area contributed by atoms with E-state index >= 15 is 0 Å². The summed E-state index contributed by atoms with van der Waals surface area (Å²) in [6, 6.07) is 53.5. The Bertz CT molecular complexity index is 2670. The Morgan fingerprint density at radius 3 is 1.80 bits per heavy atom. The zero-order chi connectivity index (χ0) is 34.0. The molecule has 9 aromatic rings. The average Bonchev–Trinajstić information content (AvgIpc) is 3.67. The number of rotatable bonds is 5. The topological polar surface area (TPSA) is 55.9 Å². The summed E-state index contributed by atoms with van der Waals surface area (Å²) in [5, 5.41) is 6.98. The molecule has 0 aliphatic heterocycles. The van der Waals surface area contributed by atoms with Gasteiger partial charge in [-0.2, -0.15) is 18.2 Å². The van der Waals surface area contributed by atoms with Crippen LogP contribution < -0.4 is 15.6 Å². The molecule has 0 spiro atoms. The van der Waals surface area contributed by atoms with Crippen molar-refractivity contribution in [2.24, 2.45) is 0 Å². The molecular formula is C44H35N4OPtSi-. The first-order valence-corrected chi connectivity index (χ1v) is 18.9. The van der Waals surface area contributed by atoms with Gasteiger partial charge in [0.1, 0.15) is 17.3 Å². The van der Waals surface area contributed by atoms with Crippen molar-refractivity contribution in [2.75, 3.05) is 0 Å². The van der Waals surface area contributed by atoms with Gasteiger partial charge >= 0.3 is 0 Å². The van der Waals surface area contributed by atoms with Crippen LogP contribution in [-0.4, -0.2) is 32.2 Å². The molecule has 4 aromatic heterocycles. The van der Waals surface area contributed by atoms with Gasteiger partial charge < -0.3 is 9.36 Å². The number of aromatic nitrogens is 4. The van der Waals surface area contributed by atoms with Gasteiger partial charge in [-0.15, -0.1) is 10.6 Å². The first kappa shape index (κ1) is 33.0. The van der Waals surface area contributed by atoms with Crippen molar-refractivity contribution < 1.29 is 25.9 Å². The fourth-order valence-corrected chi connectivity index (χ4v) is 10.3. The van der Waals surface area contributed by atoms with Crippen LogP contribution >= 0.6 is 0 Å². The molecule has 252 valence electrons. The van der Waals surface area contributed by atoms with Crippen LogP contribution in [0.1, 0.15) is 26.3 Å². The molecular weight excluding hydrogens is 824 g/mol. The second kappa shape index (κ2) is 12.6. The van der Waals surface area contributed by atoms with Gasteiger partial charge in [0.05, 0.1) is 5.52 Å². The standard InChI is InChI=1S/C44H35N4OSi.Pt/c1-44(2,3)30-26-27-45-42(28-30)48-39-21-13-11-19-35(39)37-24-25-41(46-43(37)48)47-38-20-12-10-18-34(38)36-23-22-33(29-40(36)47)50(49,31-14-6-4-7-15-31)32-16-8-5-9-17-32;/h4-28,49H,1-3H3;/q-1;. The van der Waals surface area contributed by atoms with E-state index in [-0.39, 0.29) is 26.5 Å². The average molecular weight is 859 g/mol. The van der Waals surface area contributed by atoms with E-state index in [1.54, 1.807) is 0 Å². The van der Waals surface area contributed by atoms with Crippen molar-refractivity contribution >= 4 is 67.6 Å². The summed E-state index contributed by atoms with van der Waals surface area (Å²) in [6.45, 7) is 6.67. The molecule has 51 heavy (non-hydrogen) atoms. The number of benzene rings is 5. The number of fused-ring (bicyclic) bond motifs is 6. The van der Waals surface area contributed by atoms with Crippen LogP contribution in [0.4, 0.5) is 0 Å². The van der Waals surface area contributed by atoms with Gasteiger partial charge in [0.25, 0.3) is 8.32 Å². The van der Waals surface area contributed by atoms with Gasteiger partial charge in [0.2, 0.25) is 0 Å². The van der Waals surface area contributed by atoms with Crippen molar-refractivity contribution in [2.45, 2.75) is 26.2 Å². The molecule has 0 unspecified atom stereocenters. The van der Waals surface area contributed by atoms with Gasteiger partial charge in [0.15, 0.2) is 0 Å². The minimum absolute atomic E-state index is 0. The molecule has 0 aliphatic rings. The molecule has 7 heteroatoms. The van der Waals surface area contributed by atoms with Crippen LogP contribution in [0.15, 0.2) is 152 Å². The van der Waals surface area contributed by atoms with Crippen LogP contribution in [0.3, 0.4) is 0 Å². The third-order valence-corrected chi connectivity index (χ3v) is 13.3. The summed E-state index contributed by atoms with van der Waals surface area (Å²) in [5.74, 6) is 1.61. The summed E-state index contributed by atoms with van der Waals surface area (Å²) in [4.78, 5) is 23.2. The number of nitrogens with zero attached hydrogens (tertiary/aromatic N) is 4. The van der Waals surface area contributed by atoms with E-state index in [0.29, 0.717) is 0 Å². The molecule has 0 saturated heterocycles. The largest absolute Gasteiger partial charge is 0.422 e. The zero-order valence-corrected chi connectivity index (χ0v) is 31.8. The van der Waals surface area contributed by atoms with Crippen LogP contribution in [0.2, 0.25) is 0 Å². The van der Waals surface area contributed by atoms with Crippen molar-refractivity contribution in [1.29, 1.82) is 0 Å². The number of hydrogen-bond acceptors (Lipinski definition) is 3. The van der Waals surface area contributed by atoms with Gasteiger partial charge in [0, 0.05) is 43.6 Å². The van der Waals surface area contributed by atoms with Crippen LogP contribution in [-0.2, 0) is 26.5 Å². The third-order valence-electron chi connectivity index (χ3n) is 9.93. The van der Waals surface area contributed by atoms with E-state index in [9.17, 15) is 4.80 Å². The predicted octanol–water partition coefficient (Wildman–Crippen LogP) is 7.73. The molecule has 0 atom stereocenters. The predicted molar refractivity (Wildman–Crippen MR) is 208 cm³/mol. The monoisotopic (exact) mass is 858 g/mol. The molecule has 0 bridgehead atoms. The molecule has 1 N–H and O–H groups in total. The maximum atomic E-state index is 12.9. The minimum Gasteiger partial charge on any atom is -0.422 e. The van der Waals surface area contributed by atoms with E-state index in [1.807, 2.05) is 66.9 Å². The Kier molecular flexibility index (Phi) is 8.14.